The second kappa shape index (κ2) is 9.71. The van der Waals surface area contributed by atoms with Gasteiger partial charge in [-0.2, -0.15) is 0 Å². The molecule has 0 unspecified atom stereocenters. The van der Waals surface area contributed by atoms with Crippen molar-refractivity contribution in [3.8, 4) is 0 Å². The Morgan fingerprint density at radius 3 is 1.33 bits per heavy atom. The summed E-state index contributed by atoms with van der Waals surface area (Å²) in [6, 6.07) is 0. The van der Waals surface area contributed by atoms with Gasteiger partial charge in [-0.05, 0) is 31.9 Å². The number of H-pyrrole nitrogens is 4. The molecule has 2 rings (SSSR count). The SMILES string of the molecule is Cl.Cl.O=c1[nH]c(NCCNc2[nH]c(=O)[nH]c(=O)c2Br)c(Br)c(=O)[nH]1. The summed E-state index contributed by atoms with van der Waals surface area (Å²) in [6.45, 7) is 0.610. The van der Waals surface area contributed by atoms with Crippen LogP contribution in [-0.4, -0.2) is 33.0 Å². The fourth-order valence-electron chi connectivity index (χ4n) is 1.56. The number of hydrogen-bond donors (Lipinski definition) is 6. The van der Waals surface area contributed by atoms with E-state index in [-0.39, 0.29) is 45.4 Å². The van der Waals surface area contributed by atoms with Gasteiger partial charge in [0.15, 0.2) is 0 Å². The van der Waals surface area contributed by atoms with E-state index in [1.165, 1.54) is 0 Å². The third kappa shape index (κ3) is 5.54. The molecule has 10 nitrogen and oxygen atoms in total. The standard InChI is InChI=1S/C10H10Br2N6O4.2ClH/c11-3-5(15-9(21)17-7(3)19)13-1-2-14-6-4(12)8(20)18-10(22)16-6;;/h1-2H2,(H3,13,15,17,19,21)(H3,14,16,18,20,22);2*1H. The Hall–Kier alpha value is -1.50. The molecular formula is C10H12Br2Cl2N6O4. The molecule has 0 saturated heterocycles. The lowest BCUT2D eigenvalue weighted by molar-refractivity contribution is 0.968. The van der Waals surface area contributed by atoms with Crippen LogP contribution in [0.15, 0.2) is 28.1 Å². The maximum atomic E-state index is 11.4. The van der Waals surface area contributed by atoms with E-state index in [4.69, 9.17) is 0 Å². The van der Waals surface area contributed by atoms with Crippen molar-refractivity contribution in [2.24, 2.45) is 0 Å². The Morgan fingerprint density at radius 1 is 0.667 bits per heavy atom. The highest BCUT2D eigenvalue weighted by Crippen LogP contribution is 2.13. The van der Waals surface area contributed by atoms with Crippen LogP contribution in [0.1, 0.15) is 0 Å². The highest BCUT2D eigenvalue weighted by atomic mass is 79.9. The molecule has 0 bridgehead atoms. The summed E-state index contributed by atoms with van der Waals surface area (Å²) in [7, 11) is 0. The molecule has 2 aromatic rings. The highest BCUT2D eigenvalue weighted by molar-refractivity contribution is 9.11. The van der Waals surface area contributed by atoms with Gasteiger partial charge in [0, 0.05) is 13.1 Å². The largest absolute Gasteiger partial charge is 0.369 e. The fraction of sp³-hybridized carbons (Fsp3) is 0.200. The van der Waals surface area contributed by atoms with E-state index in [2.05, 4.69) is 62.4 Å². The van der Waals surface area contributed by atoms with E-state index in [0.717, 1.165) is 0 Å². The predicted molar refractivity (Wildman–Crippen MR) is 102 cm³/mol. The van der Waals surface area contributed by atoms with E-state index in [9.17, 15) is 19.2 Å². The third-order valence-corrected chi connectivity index (χ3v) is 4.01. The Kier molecular flexibility index (Phi) is 9.11. The minimum Gasteiger partial charge on any atom is -0.369 e. The lowest BCUT2D eigenvalue weighted by Crippen LogP contribution is -2.27. The van der Waals surface area contributed by atoms with Gasteiger partial charge in [0.2, 0.25) is 0 Å². The number of nitrogens with one attached hydrogen (secondary N) is 6. The molecule has 0 aromatic carbocycles. The summed E-state index contributed by atoms with van der Waals surface area (Å²) in [5, 5.41) is 5.67. The quantitative estimate of drug-likeness (QED) is 0.318. The van der Waals surface area contributed by atoms with Crippen molar-refractivity contribution in [3.05, 3.63) is 50.6 Å². The van der Waals surface area contributed by atoms with Gasteiger partial charge < -0.3 is 10.6 Å². The van der Waals surface area contributed by atoms with E-state index < -0.39 is 22.5 Å². The van der Waals surface area contributed by atoms with Crippen LogP contribution < -0.4 is 33.1 Å². The molecule has 24 heavy (non-hydrogen) atoms. The third-order valence-electron chi connectivity index (χ3n) is 2.50. The van der Waals surface area contributed by atoms with E-state index in [0.29, 0.717) is 13.1 Å². The Balaban J connectivity index is 0.00000264. The van der Waals surface area contributed by atoms with Crippen LogP contribution >= 0.6 is 56.7 Å². The predicted octanol–water partition coefficient (Wildman–Crippen LogP) is 0.332. The maximum Gasteiger partial charge on any atom is 0.327 e. The summed E-state index contributed by atoms with van der Waals surface area (Å²) < 4.78 is 0.329. The van der Waals surface area contributed by atoms with Crippen molar-refractivity contribution in [2.75, 3.05) is 23.7 Å². The summed E-state index contributed by atoms with van der Waals surface area (Å²) in [5.41, 5.74) is -2.38. The van der Waals surface area contributed by atoms with E-state index in [1.54, 1.807) is 0 Å². The number of halogens is 4. The molecule has 6 N–H and O–H groups in total. The average molecular weight is 511 g/mol. The van der Waals surface area contributed by atoms with Crippen LogP contribution in [-0.2, 0) is 0 Å². The molecule has 134 valence electrons. The second-order valence-corrected chi connectivity index (χ2v) is 5.63. The molecule has 2 aromatic heterocycles. The molecule has 0 atom stereocenters. The van der Waals surface area contributed by atoms with E-state index in [1.807, 2.05) is 0 Å². The molecule has 0 aliphatic rings. The number of anilines is 2. The van der Waals surface area contributed by atoms with Crippen LogP contribution in [0.5, 0.6) is 0 Å². The normalized spacial score (nSPS) is 9.58. The molecule has 2 heterocycles. The molecular weight excluding hydrogens is 499 g/mol. The fourth-order valence-corrected chi connectivity index (χ4v) is 2.24. The van der Waals surface area contributed by atoms with Gasteiger partial charge in [-0.1, -0.05) is 0 Å². The summed E-state index contributed by atoms with van der Waals surface area (Å²) in [4.78, 5) is 54.1. The first kappa shape index (κ1) is 22.5. The minimum atomic E-state index is -0.634. The Labute approximate surface area is 162 Å². The van der Waals surface area contributed by atoms with Crippen LogP contribution in [0.25, 0.3) is 0 Å². The number of rotatable bonds is 5. The molecule has 0 aliphatic carbocycles. The first-order valence-electron chi connectivity index (χ1n) is 5.90. The number of aromatic amines is 4. The summed E-state index contributed by atoms with van der Waals surface area (Å²) in [6.07, 6.45) is 0. The van der Waals surface area contributed by atoms with Gasteiger partial charge in [-0.15, -0.1) is 24.8 Å². The zero-order valence-corrected chi connectivity index (χ0v) is 16.4. The molecule has 0 amide bonds. The van der Waals surface area contributed by atoms with Gasteiger partial charge in [-0.3, -0.25) is 29.5 Å². The zero-order chi connectivity index (χ0) is 16.3. The van der Waals surface area contributed by atoms with Crippen LogP contribution in [0.4, 0.5) is 11.6 Å². The van der Waals surface area contributed by atoms with Gasteiger partial charge in [0.1, 0.15) is 20.6 Å². The zero-order valence-electron chi connectivity index (χ0n) is 11.6. The van der Waals surface area contributed by atoms with Crippen molar-refractivity contribution in [1.29, 1.82) is 0 Å². The minimum absolute atomic E-state index is 0. The van der Waals surface area contributed by atoms with Crippen LogP contribution in [0, 0.1) is 0 Å². The smallest absolute Gasteiger partial charge is 0.327 e. The number of aromatic nitrogens is 4. The van der Waals surface area contributed by atoms with Crippen LogP contribution in [0.2, 0.25) is 0 Å². The Morgan fingerprint density at radius 2 is 1.00 bits per heavy atom. The maximum absolute atomic E-state index is 11.4. The molecule has 0 radical (unpaired) electrons. The molecule has 0 fully saturated rings. The second-order valence-electron chi connectivity index (χ2n) is 4.05. The van der Waals surface area contributed by atoms with Crippen molar-refractivity contribution < 1.29 is 0 Å². The van der Waals surface area contributed by atoms with Gasteiger partial charge >= 0.3 is 11.4 Å². The Bertz CT molecular complexity index is 846. The van der Waals surface area contributed by atoms with Crippen molar-refractivity contribution in [3.63, 3.8) is 0 Å². The van der Waals surface area contributed by atoms with Crippen molar-refractivity contribution in [2.45, 2.75) is 0 Å². The first-order chi connectivity index (χ1) is 10.4. The molecule has 14 heteroatoms. The summed E-state index contributed by atoms with van der Waals surface area (Å²) >= 11 is 6.09. The monoisotopic (exact) mass is 508 g/mol. The lowest BCUT2D eigenvalue weighted by atomic mass is 10.5. The molecule has 0 saturated carbocycles. The molecule has 0 aliphatic heterocycles. The van der Waals surface area contributed by atoms with Gasteiger partial charge in [0.05, 0.1) is 0 Å². The van der Waals surface area contributed by atoms with E-state index >= 15 is 0 Å². The average Bonchev–Trinajstić information content (AvgIpc) is 2.44. The highest BCUT2D eigenvalue weighted by Gasteiger charge is 2.07. The summed E-state index contributed by atoms with van der Waals surface area (Å²) in [5.74, 6) is 0.461. The van der Waals surface area contributed by atoms with Gasteiger partial charge in [0.25, 0.3) is 11.1 Å². The topological polar surface area (TPSA) is 155 Å². The lowest BCUT2D eigenvalue weighted by Gasteiger charge is -2.09. The van der Waals surface area contributed by atoms with Crippen molar-refractivity contribution in [1.82, 2.24) is 19.9 Å². The first-order valence-corrected chi connectivity index (χ1v) is 7.49. The van der Waals surface area contributed by atoms with Crippen molar-refractivity contribution >= 4 is 68.3 Å². The molecule has 0 spiro atoms. The van der Waals surface area contributed by atoms with Crippen LogP contribution in [0.3, 0.4) is 0 Å². The number of hydrogen-bond acceptors (Lipinski definition) is 6. The van der Waals surface area contributed by atoms with Gasteiger partial charge in [-0.25, -0.2) is 9.59 Å².